The summed E-state index contributed by atoms with van der Waals surface area (Å²) in [6.07, 6.45) is 4.12. The third kappa shape index (κ3) is 1.98. The predicted molar refractivity (Wildman–Crippen MR) is 51.9 cm³/mol. The van der Waals surface area contributed by atoms with Gasteiger partial charge in [-0.05, 0) is 24.7 Å². The van der Waals surface area contributed by atoms with Crippen molar-refractivity contribution in [3.8, 4) is 0 Å². The SMILES string of the molecule is C=C1C(C)CC(=CCO)CC1C. The van der Waals surface area contributed by atoms with E-state index < -0.39 is 0 Å². The molecule has 1 rings (SSSR count). The van der Waals surface area contributed by atoms with Gasteiger partial charge in [0.05, 0.1) is 6.61 Å². The largest absolute Gasteiger partial charge is 0.392 e. The Kier molecular flexibility index (Phi) is 3.10. The molecule has 0 aromatic heterocycles. The normalized spacial score (nSPS) is 30.6. The van der Waals surface area contributed by atoms with Crippen LogP contribution in [-0.2, 0) is 0 Å². The van der Waals surface area contributed by atoms with Gasteiger partial charge in [0.15, 0.2) is 0 Å². The average molecular weight is 166 g/mol. The van der Waals surface area contributed by atoms with Gasteiger partial charge in [0.2, 0.25) is 0 Å². The lowest BCUT2D eigenvalue weighted by atomic mass is 9.77. The summed E-state index contributed by atoms with van der Waals surface area (Å²) in [6, 6.07) is 0. The van der Waals surface area contributed by atoms with Crippen molar-refractivity contribution in [3.63, 3.8) is 0 Å². The summed E-state index contributed by atoms with van der Waals surface area (Å²) < 4.78 is 0. The Morgan fingerprint density at radius 2 is 1.92 bits per heavy atom. The minimum atomic E-state index is 0.182. The highest BCUT2D eigenvalue weighted by Gasteiger charge is 2.21. The van der Waals surface area contributed by atoms with Crippen LogP contribution in [0.4, 0.5) is 0 Å². The van der Waals surface area contributed by atoms with Crippen molar-refractivity contribution < 1.29 is 5.11 Å². The monoisotopic (exact) mass is 166 g/mol. The number of rotatable bonds is 1. The summed E-state index contributed by atoms with van der Waals surface area (Å²) in [5.74, 6) is 1.18. The molecule has 1 aliphatic rings. The standard InChI is InChI=1S/C11H18O/c1-8-6-11(4-5-12)7-9(2)10(8)3/h4,8-9,12H,3,5-7H2,1-2H3. The lowest BCUT2D eigenvalue weighted by Crippen LogP contribution is -2.16. The molecule has 0 amide bonds. The van der Waals surface area contributed by atoms with Crippen molar-refractivity contribution in [2.24, 2.45) is 11.8 Å². The maximum absolute atomic E-state index is 8.76. The van der Waals surface area contributed by atoms with Gasteiger partial charge in [0, 0.05) is 0 Å². The van der Waals surface area contributed by atoms with Crippen molar-refractivity contribution in [2.75, 3.05) is 6.61 Å². The lowest BCUT2D eigenvalue weighted by Gasteiger charge is -2.29. The van der Waals surface area contributed by atoms with Crippen molar-refractivity contribution >= 4 is 0 Å². The first-order valence-electron chi connectivity index (χ1n) is 4.62. The first-order chi connectivity index (χ1) is 5.65. The Balaban J connectivity index is 2.65. The number of hydrogen-bond acceptors (Lipinski definition) is 1. The molecule has 1 heteroatoms. The highest BCUT2D eigenvalue weighted by Crippen LogP contribution is 2.35. The predicted octanol–water partition coefficient (Wildman–Crippen LogP) is 2.53. The molecule has 1 nitrogen and oxygen atoms in total. The van der Waals surface area contributed by atoms with Gasteiger partial charge in [-0.25, -0.2) is 0 Å². The average Bonchev–Trinajstić information content (AvgIpc) is 2.01. The highest BCUT2D eigenvalue weighted by atomic mass is 16.2. The van der Waals surface area contributed by atoms with E-state index in [9.17, 15) is 0 Å². The fourth-order valence-electron chi connectivity index (χ4n) is 1.91. The van der Waals surface area contributed by atoms with Crippen LogP contribution in [0, 0.1) is 11.8 Å². The fraction of sp³-hybridized carbons (Fsp3) is 0.636. The van der Waals surface area contributed by atoms with Gasteiger partial charge in [-0.2, -0.15) is 0 Å². The summed E-state index contributed by atoms with van der Waals surface area (Å²) in [5, 5.41) is 8.76. The van der Waals surface area contributed by atoms with Gasteiger partial charge in [-0.3, -0.25) is 0 Å². The minimum Gasteiger partial charge on any atom is -0.392 e. The first kappa shape index (κ1) is 9.53. The molecule has 1 fully saturated rings. The molecule has 2 unspecified atom stereocenters. The molecular weight excluding hydrogens is 148 g/mol. The van der Waals surface area contributed by atoms with E-state index in [0.29, 0.717) is 11.8 Å². The van der Waals surface area contributed by atoms with E-state index in [0.717, 1.165) is 12.8 Å². The number of hydrogen-bond donors (Lipinski definition) is 1. The quantitative estimate of drug-likeness (QED) is 0.593. The van der Waals surface area contributed by atoms with Crippen molar-refractivity contribution in [1.82, 2.24) is 0 Å². The number of allylic oxidation sites excluding steroid dienone is 2. The highest BCUT2D eigenvalue weighted by molar-refractivity contribution is 5.19. The van der Waals surface area contributed by atoms with E-state index in [1.165, 1.54) is 11.1 Å². The summed E-state index contributed by atoms with van der Waals surface area (Å²) in [4.78, 5) is 0. The van der Waals surface area contributed by atoms with Crippen LogP contribution in [0.5, 0.6) is 0 Å². The van der Waals surface area contributed by atoms with Gasteiger partial charge in [0.25, 0.3) is 0 Å². The molecule has 0 radical (unpaired) electrons. The van der Waals surface area contributed by atoms with Crippen LogP contribution in [0.3, 0.4) is 0 Å². The van der Waals surface area contributed by atoms with Crippen LogP contribution in [-0.4, -0.2) is 11.7 Å². The molecule has 0 spiro atoms. The smallest absolute Gasteiger partial charge is 0.0615 e. The molecule has 0 saturated heterocycles. The molecule has 2 atom stereocenters. The van der Waals surface area contributed by atoms with Gasteiger partial charge in [-0.15, -0.1) is 0 Å². The second kappa shape index (κ2) is 3.90. The third-order valence-corrected chi connectivity index (χ3v) is 2.78. The van der Waals surface area contributed by atoms with Gasteiger partial charge >= 0.3 is 0 Å². The minimum absolute atomic E-state index is 0.182. The Labute approximate surface area is 74.8 Å². The fourth-order valence-corrected chi connectivity index (χ4v) is 1.91. The zero-order valence-corrected chi connectivity index (χ0v) is 8.01. The summed E-state index contributed by atoms with van der Waals surface area (Å²) >= 11 is 0. The zero-order chi connectivity index (χ0) is 9.14. The first-order valence-corrected chi connectivity index (χ1v) is 4.62. The van der Waals surface area contributed by atoms with Crippen LogP contribution in [0.2, 0.25) is 0 Å². The van der Waals surface area contributed by atoms with Crippen LogP contribution < -0.4 is 0 Å². The topological polar surface area (TPSA) is 20.2 Å². The van der Waals surface area contributed by atoms with E-state index in [1.807, 2.05) is 6.08 Å². The second-order valence-electron chi connectivity index (χ2n) is 3.83. The maximum atomic E-state index is 8.76. The molecule has 0 heterocycles. The Bertz CT molecular complexity index is 187. The zero-order valence-electron chi connectivity index (χ0n) is 8.01. The molecule has 0 bridgehead atoms. The molecular formula is C11H18O. The number of aliphatic hydroxyl groups excluding tert-OH is 1. The molecule has 68 valence electrons. The lowest BCUT2D eigenvalue weighted by molar-refractivity contribution is 0.339. The Morgan fingerprint density at radius 1 is 1.42 bits per heavy atom. The van der Waals surface area contributed by atoms with Crippen LogP contribution in [0.25, 0.3) is 0 Å². The molecule has 0 aliphatic heterocycles. The Morgan fingerprint density at radius 3 is 2.33 bits per heavy atom. The van der Waals surface area contributed by atoms with Crippen molar-refractivity contribution in [2.45, 2.75) is 26.7 Å². The van der Waals surface area contributed by atoms with Crippen molar-refractivity contribution in [1.29, 1.82) is 0 Å². The number of aliphatic hydroxyl groups is 1. The van der Waals surface area contributed by atoms with Crippen molar-refractivity contribution in [3.05, 3.63) is 23.8 Å². The molecule has 12 heavy (non-hydrogen) atoms. The second-order valence-corrected chi connectivity index (χ2v) is 3.83. The molecule has 0 aromatic carbocycles. The van der Waals surface area contributed by atoms with E-state index >= 15 is 0 Å². The Hall–Kier alpha value is -0.560. The summed E-state index contributed by atoms with van der Waals surface area (Å²) in [7, 11) is 0. The van der Waals surface area contributed by atoms with Gasteiger partial charge < -0.3 is 5.11 Å². The van der Waals surface area contributed by atoms with Gasteiger partial charge in [-0.1, -0.05) is 37.6 Å². The van der Waals surface area contributed by atoms with Gasteiger partial charge in [0.1, 0.15) is 0 Å². The van der Waals surface area contributed by atoms with Crippen LogP contribution >= 0.6 is 0 Å². The maximum Gasteiger partial charge on any atom is 0.0615 e. The van der Waals surface area contributed by atoms with E-state index in [1.54, 1.807) is 0 Å². The summed E-state index contributed by atoms with van der Waals surface area (Å²) in [5.41, 5.74) is 2.76. The third-order valence-electron chi connectivity index (χ3n) is 2.78. The molecule has 1 aliphatic carbocycles. The van der Waals surface area contributed by atoms with E-state index in [4.69, 9.17) is 5.11 Å². The van der Waals surface area contributed by atoms with E-state index in [-0.39, 0.29) is 6.61 Å². The van der Waals surface area contributed by atoms with E-state index in [2.05, 4.69) is 20.4 Å². The summed E-state index contributed by atoms with van der Waals surface area (Å²) in [6.45, 7) is 8.69. The molecule has 1 N–H and O–H groups in total. The van der Waals surface area contributed by atoms with Crippen LogP contribution in [0.1, 0.15) is 26.7 Å². The molecule has 0 aromatic rings. The van der Waals surface area contributed by atoms with Crippen LogP contribution in [0.15, 0.2) is 23.8 Å². The molecule has 1 saturated carbocycles.